The maximum absolute atomic E-state index is 4.43. The van der Waals surface area contributed by atoms with Crippen LogP contribution in [0, 0.1) is 6.92 Å². The minimum Gasteiger partial charge on any atom is -0.290 e. The highest BCUT2D eigenvalue weighted by molar-refractivity contribution is 5.28. The molecule has 5 heteroatoms. The fourth-order valence-electron chi connectivity index (χ4n) is 3.22. The van der Waals surface area contributed by atoms with Crippen molar-refractivity contribution in [2.75, 3.05) is 13.1 Å². The summed E-state index contributed by atoms with van der Waals surface area (Å²) in [6.07, 6.45) is 3.49. The van der Waals surface area contributed by atoms with E-state index < -0.39 is 0 Å². The van der Waals surface area contributed by atoms with E-state index in [2.05, 4.69) is 72.4 Å². The predicted molar refractivity (Wildman–Crippen MR) is 91.3 cm³/mol. The van der Waals surface area contributed by atoms with Crippen molar-refractivity contribution < 1.29 is 0 Å². The highest BCUT2D eigenvalue weighted by Crippen LogP contribution is 2.32. The molecular formula is C18H27N5. The standard InChI is InChI=1S/C18H27N5/c1-5-18(3,4)23-17(19-20-21-23)16(22-12-6-7-13-22)15-10-8-14(2)9-11-15/h8-11,16H,5-7,12-13H2,1-4H3/t16-/m0/s1. The first-order chi connectivity index (χ1) is 11.0. The van der Waals surface area contributed by atoms with Gasteiger partial charge in [-0.05, 0) is 69.1 Å². The van der Waals surface area contributed by atoms with E-state index in [1.54, 1.807) is 0 Å². The summed E-state index contributed by atoms with van der Waals surface area (Å²) < 4.78 is 2.02. The van der Waals surface area contributed by atoms with Gasteiger partial charge < -0.3 is 0 Å². The molecule has 0 aliphatic carbocycles. The molecule has 0 spiro atoms. The largest absolute Gasteiger partial charge is 0.290 e. The van der Waals surface area contributed by atoms with Crippen LogP contribution < -0.4 is 0 Å². The first kappa shape index (κ1) is 16.1. The zero-order valence-corrected chi connectivity index (χ0v) is 14.7. The van der Waals surface area contributed by atoms with Crippen molar-refractivity contribution in [3.63, 3.8) is 0 Å². The highest BCUT2D eigenvalue weighted by atomic mass is 15.6. The van der Waals surface area contributed by atoms with Crippen LogP contribution in [0.25, 0.3) is 0 Å². The summed E-state index contributed by atoms with van der Waals surface area (Å²) in [5, 5.41) is 12.8. The Bertz CT molecular complexity index is 638. The lowest BCUT2D eigenvalue weighted by Crippen LogP contribution is -2.35. The molecule has 5 nitrogen and oxygen atoms in total. The van der Waals surface area contributed by atoms with Crippen molar-refractivity contribution in [3.8, 4) is 0 Å². The number of rotatable bonds is 5. The topological polar surface area (TPSA) is 46.8 Å². The Kier molecular flexibility index (Phi) is 4.48. The fraction of sp³-hybridized carbons (Fsp3) is 0.611. The van der Waals surface area contributed by atoms with Crippen LogP contribution in [0.2, 0.25) is 0 Å². The highest BCUT2D eigenvalue weighted by Gasteiger charge is 2.33. The Morgan fingerprint density at radius 1 is 1.13 bits per heavy atom. The molecule has 1 aliphatic rings. The molecule has 2 heterocycles. The number of aryl methyl sites for hydroxylation is 1. The van der Waals surface area contributed by atoms with Crippen LogP contribution in [0.4, 0.5) is 0 Å². The van der Waals surface area contributed by atoms with Crippen molar-refractivity contribution in [2.45, 2.75) is 58.5 Å². The summed E-state index contributed by atoms with van der Waals surface area (Å²) in [6.45, 7) is 10.9. The quantitative estimate of drug-likeness (QED) is 0.849. The Morgan fingerprint density at radius 2 is 1.78 bits per heavy atom. The fourth-order valence-corrected chi connectivity index (χ4v) is 3.22. The molecule has 0 amide bonds. The SMILES string of the molecule is CCC(C)(C)n1nnnc1[C@H](c1ccc(C)cc1)N1CCCC1. The maximum atomic E-state index is 4.43. The molecule has 0 N–H and O–H groups in total. The third-order valence-corrected chi connectivity index (χ3v) is 5.08. The van der Waals surface area contributed by atoms with Crippen LogP contribution in [0.5, 0.6) is 0 Å². The number of aromatic nitrogens is 4. The molecule has 1 saturated heterocycles. The van der Waals surface area contributed by atoms with Gasteiger partial charge in [0.05, 0.1) is 11.6 Å². The lowest BCUT2D eigenvalue weighted by molar-refractivity contribution is 0.230. The van der Waals surface area contributed by atoms with Gasteiger partial charge in [-0.15, -0.1) is 5.10 Å². The number of nitrogens with zero attached hydrogens (tertiary/aromatic N) is 5. The van der Waals surface area contributed by atoms with Crippen LogP contribution in [-0.2, 0) is 5.54 Å². The zero-order valence-electron chi connectivity index (χ0n) is 14.7. The minimum atomic E-state index is -0.0818. The number of hydrogen-bond acceptors (Lipinski definition) is 4. The van der Waals surface area contributed by atoms with Gasteiger partial charge in [0.15, 0.2) is 5.82 Å². The second kappa shape index (κ2) is 6.40. The number of likely N-dealkylation sites (tertiary alicyclic amines) is 1. The second-order valence-corrected chi connectivity index (χ2v) is 7.17. The van der Waals surface area contributed by atoms with Gasteiger partial charge in [-0.25, -0.2) is 4.68 Å². The lowest BCUT2D eigenvalue weighted by atomic mass is 9.99. The summed E-state index contributed by atoms with van der Waals surface area (Å²) in [6, 6.07) is 8.93. The Hall–Kier alpha value is -1.75. The van der Waals surface area contributed by atoms with Crippen molar-refractivity contribution in [2.24, 2.45) is 0 Å². The first-order valence-electron chi connectivity index (χ1n) is 8.62. The van der Waals surface area contributed by atoms with Gasteiger partial charge in [0.2, 0.25) is 0 Å². The molecule has 1 aliphatic heterocycles. The van der Waals surface area contributed by atoms with E-state index in [-0.39, 0.29) is 11.6 Å². The van der Waals surface area contributed by atoms with E-state index in [1.165, 1.54) is 24.0 Å². The third-order valence-electron chi connectivity index (χ3n) is 5.08. The Morgan fingerprint density at radius 3 is 2.39 bits per heavy atom. The molecule has 23 heavy (non-hydrogen) atoms. The number of benzene rings is 1. The van der Waals surface area contributed by atoms with Crippen molar-refractivity contribution in [3.05, 3.63) is 41.2 Å². The van der Waals surface area contributed by atoms with Gasteiger partial charge in [-0.2, -0.15) is 0 Å². The van der Waals surface area contributed by atoms with Crippen LogP contribution in [0.1, 0.15) is 63.0 Å². The van der Waals surface area contributed by atoms with Gasteiger partial charge in [0.1, 0.15) is 0 Å². The third kappa shape index (κ3) is 3.15. The van der Waals surface area contributed by atoms with Gasteiger partial charge in [-0.1, -0.05) is 36.8 Å². The van der Waals surface area contributed by atoms with E-state index in [4.69, 9.17) is 0 Å². The van der Waals surface area contributed by atoms with Gasteiger partial charge >= 0.3 is 0 Å². The van der Waals surface area contributed by atoms with E-state index in [9.17, 15) is 0 Å². The summed E-state index contributed by atoms with van der Waals surface area (Å²) in [5.41, 5.74) is 2.48. The molecule has 0 bridgehead atoms. The van der Waals surface area contributed by atoms with Gasteiger partial charge in [0.25, 0.3) is 0 Å². The Labute approximate surface area is 138 Å². The molecule has 1 aromatic heterocycles. The first-order valence-corrected chi connectivity index (χ1v) is 8.62. The van der Waals surface area contributed by atoms with Crippen molar-refractivity contribution >= 4 is 0 Å². The Balaban J connectivity index is 2.06. The molecule has 0 radical (unpaired) electrons. The van der Waals surface area contributed by atoms with E-state index in [0.717, 1.165) is 25.3 Å². The van der Waals surface area contributed by atoms with Crippen molar-refractivity contribution in [1.82, 2.24) is 25.1 Å². The summed E-state index contributed by atoms with van der Waals surface area (Å²) in [7, 11) is 0. The van der Waals surface area contributed by atoms with E-state index in [1.807, 2.05) is 4.68 Å². The molecule has 0 saturated carbocycles. The minimum absolute atomic E-state index is 0.0818. The smallest absolute Gasteiger partial charge is 0.173 e. The molecule has 1 aromatic carbocycles. The van der Waals surface area contributed by atoms with Crippen molar-refractivity contribution in [1.29, 1.82) is 0 Å². The summed E-state index contributed by atoms with van der Waals surface area (Å²) >= 11 is 0. The number of hydrogen-bond donors (Lipinski definition) is 0. The van der Waals surface area contributed by atoms with Crippen LogP contribution >= 0.6 is 0 Å². The second-order valence-electron chi connectivity index (χ2n) is 7.17. The molecular weight excluding hydrogens is 286 g/mol. The van der Waals surface area contributed by atoms with Crippen LogP contribution in [0.15, 0.2) is 24.3 Å². The van der Waals surface area contributed by atoms with Gasteiger partial charge in [0, 0.05) is 0 Å². The predicted octanol–water partition coefficient (Wildman–Crippen LogP) is 3.31. The molecule has 1 atom stereocenters. The normalized spacial score (nSPS) is 17.6. The molecule has 1 fully saturated rings. The maximum Gasteiger partial charge on any atom is 0.173 e. The monoisotopic (exact) mass is 313 g/mol. The lowest BCUT2D eigenvalue weighted by Gasteiger charge is -2.31. The van der Waals surface area contributed by atoms with Gasteiger partial charge in [-0.3, -0.25) is 4.90 Å². The average molecular weight is 313 g/mol. The van der Waals surface area contributed by atoms with E-state index in [0.29, 0.717) is 0 Å². The molecule has 124 valence electrons. The average Bonchev–Trinajstić information content (AvgIpc) is 3.22. The summed E-state index contributed by atoms with van der Waals surface area (Å²) in [5.74, 6) is 0.961. The molecule has 3 rings (SSSR count). The molecule has 0 unspecified atom stereocenters. The molecule has 2 aromatic rings. The van der Waals surface area contributed by atoms with Crippen LogP contribution in [0.3, 0.4) is 0 Å². The zero-order chi connectivity index (χ0) is 16.4. The number of tetrazole rings is 1. The van der Waals surface area contributed by atoms with E-state index >= 15 is 0 Å². The van der Waals surface area contributed by atoms with Crippen LogP contribution in [-0.4, -0.2) is 38.2 Å². The summed E-state index contributed by atoms with van der Waals surface area (Å²) in [4.78, 5) is 2.51.